The summed E-state index contributed by atoms with van der Waals surface area (Å²) in [5, 5.41) is 0.194. The normalized spacial score (nSPS) is 9.64. The molecule has 1 amide bonds. The Kier molecular flexibility index (Phi) is 8.73. The van der Waals surface area contributed by atoms with Gasteiger partial charge in [-0.25, -0.2) is 0 Å². The van der Waals surface area contributed by atoms with E-state index >= 15 is 0 Å². The summed E-state index contributed by atoms with van der Waals surface area (Å²) >= 11 is 9.53. The highest BCUT2D eigenvalue weighted by Crippen LogP contribution is 1.92. The first-order valence-corrected chi connectivity index (χ1v) is 7.81. The molecule has 0 aliphatic carbocycles. The molecule has 0 rings (SSSR count). The highest BCUT2D eigenvalue weighted by Gasteiger charge is 2.12. The van der Waals surface area contributed by atoms with Crippen LogP contribution in [0.15, 0.2) is 0 Å². The molecule has 0 bridgehead atoms. The average molecular weight is 216 g/mol. The zero-order chi connectivity index (χ0) is 9.49. The third-order valence-corrected chi connectivity index (χ3v) is 1.65. The predicted molar refractivity (Wildman–Crippen MR) is 53.7 cm³/mol. The van der Waals surface area contributed by atoms with Gasteiger partial charge in [0.05, 0.1) is 5.34 Å². The van der Waals surface area contributed by atoms with Gasteiger partial charge in [-0.15, -0.1) is 23.2 Å². The fraction of sp³-hybridized carbons (Fsp3) is 0.833. The van der Waals surface area contributed by atoms with Crippen LogP contribution < -0.4 is 4.98 Å². The molecule has 5 heteroatoms. The molecule has 0 aliphatic rings. The second-order valence-electron chi connectivity index (χ2n) is 3.03. The van der Waals surface area contributed by atoms with Crippen molar-refractivity contribution in [3.63, 3.8) is 0 Å². The summed E-state index contributed by atoms with van der Waals surface area (Å²) in [5.41, 5.74) is 0. The maximum atomic E-state index is 10.4. The van der Waals surface area contributed by atoms with E-state index < -0.39 is 8.24 Å². The van der Waals surface area contributed by atoms with Gasteiger partial charge in [0.25, 0.3) is 0 Å². The Morgan fingerprint density at radius 2 is 1.64 bits per heavy atom. The van der Waals surface area contributed by atoms with E-state index in [0.717, 1.165) is 0 Å². The maximum Gasteiger partial charge on any atom is 0.209 e. The van der Waals surface area contributed by atoms with Crippen LogP contribution >= 0.6 is 23.2 Å². The molecule has 0 spiro atoms. The molecule has 0 unspecified atom stereocenters. The van der Waals surface area contributed by atoms with Gasteiger partial charge in [-0.2, -0.15) is 0 Å². The van der Waals surface area contributed by atoms with Crippen LogP contribution in [0.5, 0.6) is 0 Å². The molecule has 0 saturated heterocycles. The van der Waals surface area contributed by atoms with Gasteiger partial charge in [-0.05, 0) is 0 Å². The number of halogens is 2. The van der Waals surface area contributed by atoms with Crippen molar-refractivity contribution in [3.05, 3.63) is 0 Å². The largest absolute Gasteiger partial charge is 0.383 e. The lowest BCUT2D eigenvalue weighted by atomic mass is 10.8. The van der Waals surface area contributed by atoms with Crippen molar-refractivity contribution in [1.82, 2.24) is 4.98 Å². The van der Waals surface area contributed by atoms with Gasteiger partial charge in [0, 0.05) is 6.92 Å². The first kappa shape index (κ1) is 13.8. The fourth-order valence-corrected chi connectivity index (χ4v) is 1.58. The highest BCUT2D eigenvalue weighted by atomic mass is 35.5. The molecular weight excluding hydrogens is 201 g/mol. The van der Waals surface area contributed by atoms with Crippen LogP contribution in [-0.4, -0.2) is 19.5 Å². The van der Waals surface area contributed by atoms with Crippen LogP contribution in [0.1, 0.15) is 6.92 Å². The third kappa shape index (κ3) is 25.3. The Morgan fingerprint density at radius 3 is 1.64 bits per heavy atom. The topological polar surface area (TPSA) is 29.1 Å². The number of hydrogen-bond donors (Lipinski definition) is 1. The lowest BCUT2D eigenvalue weighted by Crippen LogP contribution is -2.43. The summed E-state index contributed by atoms with van der Waals surface area (Å²) in [6.07, 6.45) is 0. The van der Waals surface area contributed by atoms with E-state index in [1.807, 2.05) is 0 Å². The van der Waals surface area contributed by atoms with Gasteiger partial charge in [-0.3, -0.25) is 4.79 Å². The zero-order valence-corrected chi connectivity index (χ0v) is 9.88. The summed E-state index contributed by atoms with van der Waals surface area (Å²) in [7, 11) is -1.32. The van der Waals surface area contributed by atoms with Gasteiger partial charge >= 0.3 is 0 Å². The second kappa shape index (κ2) is 6.95. The number of carbonyl (C=O) groups is 1. The van der Waals surface area contributed by atoms with Gasteiger partial charge in [-0.1, -0.05) is 19.6 Å². The molecular formula is C6H15Cl2NOSi. The molecule has 0 aromatic carbocycles. The van der Waals surface area contributed by atoms with Gasteiger partial charge < -0.3 is 4.98 Å². The van der Waals surface area contributed by atoms with E-state index in [2.05, 4.69) is 24.6 Å². The van der Waals surface area contributed by atoms with E-state index in [4.69, 9.17) is 23.2 Å². The monoisotopic (exact) mass is 215 g/mol. The molecule has 0 aliphatic heterocycles. The van der Waals surface area contributed by atoms with Crippen molar-refractivity contribution in [1.29, 1.82) is 0 Å². The minimum Gasteiger partial charge on any atom is -0.383 e. The fourth-order valence-electron chi connectivity index (χ4n) is 0.528. The minimum atomic E-state index is -1.32. The van der Waals surface area contributed by atoms with Crippen molar-refractivity contribution in [3.8, 4) is 0 Å². The molecule has 0 aromatic rings. The van der Waals surface area contributed by atoms with Gasteiger partial charge in [0.2, 0.25) is 5.91 Å². The predicted octanol–water partition coefficient (Wildman–Crippen LogP) is 2.38. The molecule has 0 atom stereocenters. The third-order valence-electron chi connectivity index (χ3n) is 0.551. The number of carbonyl (C=O) groups excluding carboxylic acids is 1. The summed E-state index contributed by atoms with van der Waals surface area (Å²) in [6, 6.07) is 0. The van der Waals surface area contributed by atoms with E-state index in [-0.39, 0.29) is 11.2 Å². The number of nitrogens with one attached hydrogen (secondary N) is 1. The number of hydrogen-bond acceptors (Lipinski definition) is 1. The Balaban J connectivity index is 0. The Labute approximate surface area is 79.3 Å². The first-order chi connectivity index (χ1) is 4.83. The Morgan fingerprint density at radius 1 is 1.36 bits per heavy atom. The van der Waals surface area contributed by atoms with Gasteiger partial charge in [0.1, 0.15) is 8.24 Å². The van der Waals surface area contributed by atoms with E-state index in [0.29, 0.717) is 0 Å². The van der Waals surface area contributed by atoms with Crippen molar-refractivity contribution >= 4 is 37.3 Å². The standard InChI is InChI=1S/C5H13NOSi.CH2Cl2/c1-5(7)6-8(2,3)4;2-1-3/h1-4H3,(H,6,7);1H2. The number of alkyl halides is 2. The molecule has 0 fully saturated rings. The van der Waals surface area contributed by atoms with Crippen molar-refractivity contribution in [2.24, 2.45) is 0 Å². The average Bonchev–Trinajstić information content (AvgIpc) is 1.57. The lowest BCUT2D eigenvalue weighted by Gasteiger charge is -2.15. The van der Waals surface area contributed by atoms with Crippen LogP contribution in [0.4, 0.5) is 0 Å². The smallest absolute Gasteiger partial charge is 0.209 e. The van der Waals surface area contributed by atoms with E-state index in [9.17, 15) is 4.79 Å². The van der Waals surface area contributed by atoms with Crippen LogP contribution in [0.3, 0.4) is 0 Å². The quantitative estimate of drug-likeness (QED) is 0.529. The Hall–Kier alpha value is 0.267. The molecule has 2 nitrogen and oxygen atoms in total. The summed E-state index contributed by atoms with van der Waals surface area (Å²) in [5.74, 6) is 0.0872. The van der Waals surface area contributed by atoms with Crippen molar-refractivity contribution in [2.75, 3.05) is 5.34 Å². The lowest BCUT2D eigenvalue weighted by molar-refractivity contribution is -0.117. The van der Waals surface area contributed by atoms with Crippen LogP contribution in [0.25, 0.3) is 0 Å². The maximum absolute atomic E-state index is 10.4. The first-order valence-electron chi connectivity index (χ1n) is 3.24. The molecule has 1 N–H and O–H groups in total. The minimum absolute atomic E-state index is 0.0872. The van der Waals surface area contributed by atoms with E-state index in [1.54, 1.807) is 6.92 Å². The molecule has 0 aromatic heterocycles. The number of rotatable bonds is 1. The molecule has 68 valence electrons. The second-order valence-corrected chi connectivity index (χ2v) is 8.59. The van der Waals surface area contributed by atoms with Gasteiger partial charge in [0.15, 0.2) is 0 Å². The Bertz CT molecular complexity index is 114. The SMILES string of the molecule is CC(=O)N[Si](C)(C)C.ClCCl. The summed E-state index contributed by atoms with van der Waals surface area (Å²) in [6.45, 7) is 7.83. The zero-order valence-electron chi connectivity index (χ0n) is 7.37. The summed E-state index contributed by atoms with van der Waals surface area (Å²) < 4.78 is 0. The summed E-state index contributed by atoms with van der Waals surface area (Å²) in [4.78, 5) is 13.3. The number of amides is 1. The highest BCUT2D eigenvalue weighted by molar-refractivity contribution is 6.75. The van der Waals surface area contributed by atoms with Crippen molar-refractivity contribution in [2.45, 2.75) is 26.6 Å². The molecule has 0 heterocycles. The van der Waals surface area contributed by atoms with Crippen LogP contribution in [0, 0.1) is 0 Å². The van der Waals surface area contributed by atoms with E-state index in [1.165, 1.54) is 0 Å². The van der Waals surface area contributed by atoms with Crippen molar-refractivity contribution < 1.29 is 4.79 Å². The molecule has 11 heavy (non-hydrogen) atoms. The molecule has 0 radical (unpaired) electrons. The van der Waals surface area contributed by atoms with Crippen LogP contribution in [0.2, 0.25) is 19.6 Å². The van der Waals surface area contributed by atoms with Crippen LogP contribution in [-0.2, 0) is 4.79 Å². The molecule has 0 saturated carbocycles.